The number of thiophene rings is 1. The minimum absolute atomic E-state index is 0.00792. The van der Waals surface area contributed by atoms with E-state index in [1.165, 1.54) is 17.6 Å². The van der Waals surface area contributed by atoms with Crippen molar-refractivity contribution in [2.45, 2.75) is 25.8 Å². The van der Waals surface area contributed by atoms with E-state index in [-0.39, 0.29) is 17.9 Å². The molecular formula is C16H17ClN2O3S. The van der Waals surface area contributed by atoms with Gasteiger partial charge in [-0.2, -0.15) is 0 Å². The molecule has 3 rings (SSSR count). The van der Waals surface area contributed by atoms with Crippen molar-refractivity contribution in [2.75, 3.05) is 13.1 Å². The highest BCUT2D eigenvalue weighted by atomic mass is 35.5. The summed E-state index contributed by atoms with van der Waals surface area (Å²) in [5.74, 6) is 0.174. The predicted octanol–water partition coefficient (Wildman–Crippen LogP) is 3.34. The smallest absolute Gasteiger partial charge is 0.287 e. The number of nitrogens with zero attached hydrogens (tertiary/aromatic N) is 1. The van der Waals surface area contributed by atoms with Gasteiger partial charge >= 0.3 is 0 Å². The van der Waals surface area contributed by atoms with Crippen molar-refractivity contribution in [3.8, 4) is 0 Å². The zero-order valence-corrected chi connectivity index (χ0v) is 14.2. The molecule has 0 saturated carbocycles. The van der Waals surface area contributed by atoms with Crippen LogP contribution in [0.15, 0.2) is 28.9 Å². The van der Waals surface area contributed by atoms with Gasteiger partial charge in [0.2, 0.25) is 0 Å². The molecule has 0 unspecified atom stereocenters. The van der Waals surface area contributed by atoms with Gasteiger partial charge < -0.3 is 14.6 Å². The molecule has 2 aromatic heterocycles. The van der Waals surface area contributed by atoms with Gasteiger partial charge in [0.25, 0.3) is 11.8 Å². The summed E-state index contributed by atoms with van der Waals surface area (Å²) in [5.41, 5.74) is 0.824. The summed E-state index contributed by atoms with van der Waals surface area (Å²) < 4.78 is 5.81. The Hall–Kier alpha value is -1.79. The summed E-state index contributed by atoms with van der Waals surface area (Å²) >= 11 is 7.17. The first-order valence-corrected chi connectivity index (χ1v) is 8.63. The lowest BCUT2D eigenvalue weighted by molar-refractivity contribution is 0.0700. The molecule has 23 heavy (non-hydrogen) atoms. The lowest BCUT2D eigenvalue weighted by Gasteiger charge is -2.32. The van der Waals surface area contributed by atoms with E-state index in [0.29, 0.717) is 28.1 Å². The molecule has 1 fully saturated rings. The molecule has 0 aliphatic carbocycles. The van der Waals surface area contributed by atoms with E-state index in [4.69, 9.17) is 16.0 Å². The fourth-order valence-corrected chi connectivity index (χ4v) is 3.68. The van der Waals surface area contributed by atoms with Crippen LogP contribution in [-0.2, 0) is 0 Å². The van der Waals surface area contributed by atoms with E-state index in [1.807, 2.05) is 11.8 Å². The normalized spacial score (nSPS) is 15.7. The lowest BCUT2D eigenvalue weighted by atomic mass is 10.0. The van der Waals surface area contributed by atoms with E-state index in [9.17, 15) is 9.59 Å². The van der Waals surface area contributed by atoms with E-state index in [1.54, 1.807) is 18.2 Å². The van der Waals surface area contributed by atoms with Crippen LogP contribution >= 0.6 is 22.9 Å². The van der Waals surface area contributed by atoms with Crippen molar-refractivity contribution in [1.82, 2.24) is 10.2 Å². The zero-order valence-electron chi connectivity index (χ0n) is 12.7. The molecule has 5 nitrogen and oxygen atoms in total. The van der Waals surface area contributed by atoms with E-state index in [0.717, 1.165) is 18.4 Å². The lowest BCUT2D eigenvalue weighted by Crippen LogP contribution is -2.46. The standard InChI is InChI=1S/C16H17ClN2O3S/c1-10-6-9-22-14(10)15(20)18-11-4-7-19(8-5-11)16(21)12-2-3-13(17)23-12/h2-3,6,9,11H,4-5,7-8H2,1H3,(H,18,20). The van der Waals surface area contributed by atoms with E-state index >= 15 is 0 Å². The molecular weight excluding hydrogens is 336 g/mol. The van der Waals surface area contributed by atoms with Gasteiger partial charge in [-0.3, -0.25) is 9.59 Å². The Morgan fingerprint density at radius 3 is 2.61 bits per heavy atom. The fourth-order valence-electron chi connectivity index (χ4n) is 2.67. The first-order chi connectivity index (χ1) is 11.0. The molecule has 0 spiro atoms. The number of carbonyl (C=O) groups is 2. The summed E-state index contributed by atoms with van der Waals surface area (Å²) in [6.07, 6.45) is 2.98. The van der Waals surface area contributed by atoms with Gasteiger partial charge in [-0.25, -0.2) is 0 Å². The van der Waals surface area contributed by atoms with Crippen LogP contribution in [0, 0.1) is 6.92 Å². The topological polar surface area (TPSA) is 62.6 Å². The number of piperidine rings is 1. The highest BCUT2D eigenvalue weighted by Gasteiger charge is 2.26. The van der Waals surface area contributed by atoms with Crippen LogP contribution in [0.4, 0.5) is 0 Å². The van der Waals surface area contributed by atoms with Gasteiger partial charge in [-0.1, -0.05) is 11.6 Å². The van der Waals surface area contributed by atoms with Gasteiger partial charge in [0, 0.05) is 24.7 Å². The van der Waals surface area contributed by atoms with Crippen molar-refractivity contribution in [3.05, 3.63) is 45.0 Å². The Morgan fingerprint density at radius 2 is 2.04 bits per heavy atom. The Balaban J connectivity index is 1.53. The number of hydrogen-bond acceptors (Lipinski definition) is 4. The number of rotatable bonds is 3. The van der Waals surface area contributed by atoms with Gasteiger partial charge in [-0.15, -0.1) is 11.3 Å². The third-order valence-corrected chi connectivity index (χ3v) is 5.19. The predicted molar refractivity (Wildman–Crippen MR) is 89.2 cm³/mol. The van der Waals surface area contributed by atoms with Gasteiger partial charge in [-0.05, 0) is 38.0 Å². The number of halogens is 1. The first kappa shape index (κ1) is 16.1. The van der Waals surface area contributed by atoms with Crippen LogP contribution in [0.5, 0.6) is 0 Å². The monoisotopic (exact) mass is 352 g/mol. The fraction of sp³-hybridized carbons (Fsp3) is 0.375. The third-order valence-electron chi connectivity index (χ3n) is 3.97. The van der Waals surface area contributed by atoms with E-state index < -0.39 is 0 Å². The van der Waals surface area contributed by atoms with Crippen LogP contribution in [0.25, 0.3) is 0 Å². The molecule has 1 N–H and O–H groups in total. The largest absolute Gasteiger partial charge is 0.459 e. The Kier molecular flexibility index (Phi) is 4.73. The first-order valence-electron chi connectivity index (χ1n) is 7.44. The number of aryl methyl sites for hydroxylation is 1. The average molecular weight is 353 g/mol. The third kappa shape index (κ3) is 3.59. The molecule has 3 heterocycles. The molecule has 1 aliphatic rings. The number of likely N-dealkylation sites (tertiary alicyclic amines) is 1. The molecule has 1 aliphatic heterocycles. The number of furan rings is 1. The molecule has 1 saturated heterocycles. The Morgan fingerprint density at radius 1 is 1.30 bits per heavy atom. The molecule has 0 atom stereocenters. The summed E-state index contributed by atoms with van der Waals surface area (Å²) in [5, 5.41) is 2.98. The average Bonchev–Trinajstić information content (AvgIpc) is 3.16. The summed E-state index contributed by atoms with van der Waals surface area (Å²) in [7, 11) is 0. The summed E-state index contributed by atoms with van der Waals surface area (Å²) in [4.78, 5) is 26.9. The maximum absolute atomic E-state index is 12.3. The second kappa shape index (κ2) is 6.76. The highest BCUT2D eigenvalue weighted by molar-refractivity contribution is 7.17. The second-order valence-electron chi connectivity index (χ2n) is 5.58. The van der Waals surface area contributed by atoms with Crippen molar-refractivity contribution >= 4 is 34.8 Å². The molecule has 0 radical (unpaired) electrons. The van der Waals surface area contributed by atoms with Crippen LogP contribution in [-0.4, -0.2) is 35.8 Å². The maximum Gasteiger partial charge on any atom is 0.287 e. The zero-order chi connectivity index (χ0) is 16.4. The Labute approximate surface area is 143 Å². The Bertz CT molecular complexity index is 716. The molecule has 0 bridgehead atoms. The molecule has 0 aromatic carbocycles. The maximum atomic E-state index is 12.3. The summed E-state index contributed by atoms with van der Waals surface area (Å²) in [6.45, 7) is 3.08. The molecule has 2 amide bonds. The van der Waals surface area contributed by atoms with E-state index in [2.05, 4.69) is 5.32 Å². The highest BCUT2D eigenvalue weighted by Crippen LogP contribution is 2.24. The minimum atomic E-state index is -0.192. The van der Waals surface area contributed by atoms with Gasteiger partial charge in [0.05, 0.1) is 15.5 Å². The second-order valence-corrected chi connectivity index (χ2v) is 7.29. The van der Waals surface area contributed by atoms with Crippen LogP contribution in [0.2, 0.25) is 4.34 Å². The molecule has 2 aromatic rings. The van der Waals surface area contributed by atoms with Gasteiger partial charge in [0.15, 0.2) is 5.76 Å². The van der Waals surface area contributed by atoms with Crippen molar-refractivity contribution in [2.24, 2.45) is 0 Å². The quantitative estimate of drug-likeness (QED) is 0.921. The number of nitrogens with one attached hydrogen (secondary N) is 1. The van der Waals surface area contributed by atoms with Crippen molar-refractivity contribution in [3.63, 3.8) is 0 Å². The van der Waals surface area contributed by atoms with Crippen LogP contribution in [0.1, 0.15) is 38.6 Å². The molecule has 7 heteroatoms. The number of hydrogen-bond donors (Lipinski definition) is 1. The van der Waals surface area contributed by atoms with Gasteiger partial charge in [0.1, 0.15) is 0 Å². The number of carbonyl (C=O) groups excluding carboxylic acids is 2. The minimum Gasteiger partial charge on any atom is -0.459 e. The van der Waals surface area contributed by atoms with Crippen molar-refractivity contribution in [1.29, 1.82) is 0 Å². The van der Waals surface area contributed by atoms with Crippen LogP contribution in [0.3, 0.4) is 0 Å². The summed E-state index contributed by atoms with van der Waals surface area (Å²) in [6, 6.07) is 5.31. The molecule has 122 valence electrons. The SMILES string of the molecule is Cc1ccoc1C(=O)NC1CCN(C(=O)c2ccc(Cl)s2)CC1. The van der Waals surface area contributed by atoms with Crippen LogP contribution < -0.4 is 5.32 Å². The van der Waals surface area contributed by atoms with Crippen molar-refractivity contribution < 1.29 is 14.0 Å². The number of amides is 2.